The van der Waals surface area contributed by atoms with Crippen molar-refractivity contribution >= 4 is 35.9 Å². The van der Waals surface area contributed by atoms with Gasteiger partial charge >= 0.3 is 6.03 Å². The van der Waals surface area contributed by atoms with Gasteiger partial charge in [-0.2, -0.15) is 5.10 Å². The van der Waals surface area contributed by atoms with Crippen molar-refractivity contribution in [2.45, 2.75) is 82.8 Å². The third-order valence-corrected chi connectivity index (χ3v) is 7.41. The highest BCUT2D eigenvalue weighted by atomic mass is 16.2. The summed E-state index contributed by atoms with van der Waals surface area (Å²) < 4.78 is 0. The number of hydrazine groups is 1. The highest BCUT2D eigenvalue weighted by molar-refractivity contribution is 5.94. The Bertz CT molecular complexity index is 888. The second kappa shape index (κ2) is 13.4. The average molecular weight is 521 g/mol. The van der Waals surface area contributed by atoms with Crippen LogP contribution in [0, 0.1) is 11.8 Å². The zero-order chi connectivity index (χ0) is 26.9. The summed E-state index contributed by atoms with van der Waals surface area (Å²) in [5.41, 5.74) is 8.36. The molecule has 3 fully saturated rings. The van der Waals surface area contributed by atoms with Crippen LogP contribution in [0.2, 0.25) is 0 Å². The van der Waals surface area contributed by atoms with Gasteiger partial charge in [-0.3, -0.25) is 24.2 Å². The van der Waals surface area contributed by atoms with Gasteiger partial charge in [-0.15, -0.1) is 0 Å². The standard InChI is InChI=1S/C24H40N8O5/c1-3-17(14-28-30-24(37)27-13-15-6-8-16(9-7-15)21(34)26-2)29-22(35)19-5-4-12-31-20(33)11-10-18(25)23(36)32(19)31/h14-19H,3-13,25H2,1-2H3,(H,26,34)(H,29,35)(H2,27,30,37)/b28-14+. The van der Waals surface area contributed by atoms with E-state index in [9.17, 15) is 24.0 Å². The van der Waals surface area contributed by atoms with Gasteiger partial charge < -0.3 is 21.7 Å². The molecule has 0 bridgehead atoms. The first-order chi connectivity index (χ1) is 17.7. The minimum absolute atomic E-state index is 0.0484. The predicted octanol–water partition coefficient (Wildman–Crippen LogP) is -0.426. The quantitative estimate of drug-likeness (QED) is 0.214. The van der Waals surface area contributed by atoms with Gasteiger partial charge in [0.2, 0.25) is 17.7 Å². The number of hydrogen-bond donors (Lipinski definition) is 5. The largest absolute Gasteiger partial charge is 0.359 e. The molecule has 3 aliphatic rings. The number of hydrogen-bond acceptors (Lipinski definition) is 7. The number of nitrogens with one attached hydrogen (secondary N) is 4. The lowest BCUT2D eigenvalue weighted by molar-refractivity contribution is -0.175. The monoisotopic (exact) mass is 520 g/mol. The predicted molar refractivity (Wildman–Crippen MR) is 136 cm³/mol. The van der Waals surface area contributed by atoms with Gasteiger partial charge in [-0.1, -0.05) is 6.92 Å². The minimum Gasteiger partial charge on any atom is -0.359 e. The van der Waals surface area contributed by atoms with Gasteiger partial charge in [-0.05, 0) is 57.3 Å². The van der Waals surface area contributed by atoms with Gasteiger partial charge in [0, 0.05) is 38.7 Å². The number of nitrogens with zero attached hydrogens (tertiary/aromatic N) is 3. The maximum absolute atomic E-state index is 13.1. The molecule has 6 N–H and O–H groups in total. The Morgan fingerprint density at radius 1 is 1.11 bits per heavy atom. The third kappa shape index (κ3) is 7.40. The number of fused-ring (bicyclic) bond motifs is 1. The molecule has 0 spiro atoms. The average Bonchev–Trinajstić information content (AvgIpc) is 3.02. The molecular formula is C24H40N8O5. The Morgan fingerprint density at radius 3 is 2.51 bits per heavy atom. The first kappa shape index (κ1) is 28.4. The maximum Gasteiger partial charge on any atom is 0.335 e. The van der Waals surface area contributed by atoms with Crippen molar-refractivity contribution in [1.29, 1.82) is 0 Å². The van der Waals surface area contributed by atoms with E-state index < -0.39 is 36.0 Å². The number of hydrazone groups is 1. The van der Waals surface area contributed by atoms with E-state index in [4.69, 9.17) is 5.73 Å². The normalized spacial score (nSPS) is 27.2. The molecule has 206 valence electrons. The molecule has 2 heterocycles. The fraction of sp³-hybridized carbons (Fsp3) is 0.750. The molecule has 13 nitrogen and oxygen atoms in total. The Kier molecular flexibility index (Phi) is 10.2. The SMILES string of the molecule is CCC(/C=N/NC(=O)NCC1CCC(C(=O)NC)CC1)NC(=O)C1CCCN2C(=O)CCC(N)C(=O)N12. The maximum atomic E-state index is 13.1. The molecule has 13 heteroatoms. The molecule has 0 aromatic carbocycles. The molecule has 37 heavy (non-hydrogen) atoms. The van der Waals surface area contributed by atoms with Crippen LogP contribution in [0.15, 0.2) is 5.10 Å². The number of carbonyl (C=O) groups is 5. The van der Waals surface area contributed by atoms with Crippen LogP contribution in [0.3, 0.4) is 0 Å². The van der Waals surface area contributed by atoms with Crippen LogP contribution in [0.4, 0.5) is 4.79 Å². The summed E-state index contributed by atoms with van der Waals surface area (Å²) >= 11 is 0. The molecule has 1 saturated carbocycles. The van der Waals surface area contributed by atoms with Gasteiger partial charge in [0.05, 0.1) is 12.1 Å². The number of amides is 6. The number of rotatable bonds is 8. The molecular weight excluding hydrogens is 480 g/mol. The zero-order valence-corrected chi connectivity index (χ0v) is 21.7. The second-order valence-corrected chi connectivity index (χ2v) is 9.96. The Labute approximate surface area is 217 Å². The summed E-state index contributed by atoms with van der Waals surface area (Å²) in [5.74, 6) is -0.584. The highest BCUT2D eigenvalue weighted by Crippen LogP contribution is 2.28. The lowest BCUT2D eigenvalue weighted by atomic mass is 9.81. The zero-order valence-electron chi connectivity index (χ0n) is 21.7. The topological polar surface area (TPSA) is 178 Å². The van der Waals surface area contributed by atoms with Crippen LogP contribution >= 0.6 is 0 Å². The highest BCUT2D eigenvalue weighted by Gasteiger charge is 2.43. The van der Waals surface area contributed by atoms with Crippen LogP contribution in [0.1, 0.15) is 64.7 Å². The molecule has 0 aromatic rings. The molecule has 0 aromatic heterocycles. The fourth-order valence-electron chi connectivity index (χ4n) is 5.11. The van der Waals surface area contributed by atoms with Gasteiger partial charge in [0.15, 0.2) is 0 Å². The summed E-state index contributed by atoms with van der Waals surface area (Å²) in [4.78, 5) is 62.2. The van der Waals surface area contributed by atoms with E-state index in [1.165, 1.54) is 16.2 Å². The molecule has 3 rings (SSSR count). The lowest BCUT2D eigenvalue weighted by Crippen LogP contribution is -2.63. The Hall–Kier alpha value is -3.22. The van der Waals surface area contributed by atoms with Crippen molar-refractivity contribution in [1.82, 2.24) is 31.4 Å². The minimum atomic E-state index is -0.827. The summed E-state index contributed by atoms with van der Waals surface area (Å²) in [7, 11) is 1.65. The third-order valence-electron chi connectivity index (χ3n) is 7.41. The molecule has 2 aliphatic heterocycles. The lowest BCUT2D eigenvalue weighted by Gasteiger charge is -2.42. The van der Waals surface area contributed by atoms with Crippen molar-refractivity contribution in [3.8, 4) is 0 Å². The summed E-state index contributed by atoms with van der Waals surface area (Å²) in [6.07, 6.45) is 6.78. The van der Waals surface area contributed by atoms with E-state index in [-0.39, 0.29) is 30.6 Å². The summed E-state index contributed by atoms with van der Waals surface area (Å²) in [5, 5.41) is 14.9. The van der Waals surface area contributed by atoms with Crippen LogP contribution in [0.5, 0.6) is 0 Å². The van der Waals surface area contributed by atoms with Crippen molar-refractivity contribution in [2.24, 2.45) is 22.7 Å². The Morgan fingerprint density at radius 2 is 1.84 bits per heavy atom. The summed E-state index contributed by atoms with van der Waals surface area (Å²) in [6, 6.07) is -2.57. The van der Waals surface area contributed by atoms with Crippen molar-refractivity contribution in [2.75, 3.05) is 20.1 Å². The van der Waals surface area contributed by atoms with E-state index in [1.54, 1.807) is 7.05 Å². The van der Waals surface area contributed by atoms with E-state index >= 15 is 0 Å². The van der Waals surface area contributed by atoms with E-state index in [1.807, 2.05) is 6.92 Å². The molecule has 2 saturated heterocycles. The molecule has 3 atom stereocenters. The Balaban J connectivity index is 1.46. The molecule has 0 radical (unpaired) electrons. The summed E-state index contributed by atoms with van der Waals surface area (Å²) in [6.45, 7) is 2.74. The number of urea groups is 1. The van der Waals surface area contributed by atoms with Crippen molar-refractivity contribution in [3.63, 3.8) is 0 Å². The first-order valence-electron chi connectivity index (χ1n) is 13.2. The van der Waals surface area contributed by atoms with Gasteiger partial charge in [-0.25, -0.2) is 15.2 Å². The number of nitrogens with two attached hydrogens (primary N) is 1. The second-order valence-electron chi connectivity index (χ2n) is 9.96. The van der Waals surface area contributed by atoms with Crippen molar-refractivity contribution < 1.29 is 24.0 Å². The van der Waals surface area contributed by atoms with E-state index in [2.05, 4.69) is 26.5 Å². The van der Waals surface area contributed by atoms with Gasteiger partial charge in [0.25, 0.3) is 5.91 Å². The smallest absolute Gasteiger partial charge is 0.335 e. The van der Waals surface area contributed by atoms with E-state index in [0.29, 0.717) is 38.3 Å². The van der Waals surface area contributed by atoms with E-state index in [0.717, 1.165) is 25.7 Å². The van der Waals surface area contributed by atoms with Crippen LogP contribution in [-0.2, 0) is 19.2 Å². The van der Waals surface area contributed by atoms with Crippen molar-refractivity contribution in [3.05, 3.63) is 0 Å². The van der Waals surface area contributed by atoms with Crippen LogP contribution in [-0.4, -0.2) is 84.2 Å². The van der Waals surface area contributed by atoms with Crippen LogP contribution in [0.25, 0.3) is 0 Å². The number of carbonyl (C=O) groups excluding carboxylic acids is 5. The molecule has 1 aliphatic carbocycles. The first-order valence-corrected chi connectivity index (χ1v) is 13.2. The molecule has 3 unspecified atom stereocenters. The fourth-order valence-corrected chi connectivity index (χ4v) is 5.11. The van der Waals surface area contributed by atoms with Crippen LogP contribution < -0.4 is 27.1 Å². The van der Waals surface area contributed by atoms with Gasteiger partial charge in [0.1, 0.15) is 6.04 Å². The molecule has 6 amide bonds.